The van der Waals surface area contributed by atoms with Crippen LogP contribution in [0.25, 0.3) is 10.9 Å². The van der Waals surface area contributed by atoms with Gasteiger partial charge in [0, 0.05) is 31.0 Å². The summed E-state index contributed by atoms with van der Waals surface area (Å²) in [5.41, 5.74) is 6.21. The summed E-state index contributed by atoms with van der Waals surface area (Å²) in [6.45, 7) is 1.31. The monoisotopic (exact) mass is 301 g/mol. The van der Waals surface area contributed by atoms with Crippen LogP contribution < -0.4 is 11.3 Å². The Labute approximate surface area is 128 Å². The lowest BCUT2D eigenvalue weighted by Gasteiger charge is -2.32. The average molecular weight is 301 g/mol. The fraction of sp³-hybridized carbons (Fsp3) is 0.438. The minimum Gasteiger partial charge on any atom is -0.347 e. The lowest BCUT2D eigenvalue weighted by atomic mass is 9.90. The molecule has 0 saturated carbocycles. The number of carbonyl (C=O) groups is 1. The molecule has 2 heterocycles. The van der Waals surface area contributed by atoms with Crippen LogP contribution in [0, 0.1) is 0 Å². The van der Waals surface area contributed by atoms with Crippen molar-refractivity contribution < 1.29 is 14.3 Å². The van der Waals surface area contributed by atoms with E-state index in [0.29, 0.717) is 18.8 Å². The van der Waals surface area contributed by atoms with Gasteiger partial charge in [-0.1, -0.05) is 12.1 Å². The molecule has 1 fully saturated rings. The first-order valence-electron chi connectivity index (χ1n) is 7.53. The van der Waals surface area contributed by atoms with Crippen molar-refractivity contribution in [1.29, 1.82) is 0 Å². The van der Waals surface area contributed by atoms with E-state index >= 15 is 0 Å². The van der Waals surface area contributed by atoms with Crippen LogP contribution in [0.3, 0.4) is 0 Å². The molecule has 4 rings (SSSR count). The van der Waals surface area contributed by atoms with Gasteiger partial charge in [0.2, 0.25) is 0 Å². The van der Waals surface area contributed by atoms with E-state index in [1.54, 1.807) is 6.07 Å². The second-order valence-electron chi connectivity index (χ2n) is 5.94. The Kier molecular flexibility index (Phi) is 3.00. The van der Waals surface area contributed by atoms with E-state index in [-0.39, 0.29) is 5.91 Å². The maximum absolute atomic E-state index is 12.0. The Balaban J connectivity index is 1.91. The molecule has 1 aromatic heterocycles. The van der Waals surface area contributed by atoms with Crippen molar-refractivity contribution in [2.75, 3.05) is 13.2 Å². The van der Waals surface area contributed by atoms with Crippen LogP contribution in [-0.2, 0) is 29.4 Å². The van der Waals surface area contributed by atoms with Crippen molar-refractivity contribution in [2.45, 2.75) is 25.0 Å². The van der Waals surface area contributed by atoms with Gasteiger partial charge in [0.15, 0.2) is 5.79 Å². The Morgan fingerprint density at radius 3 is 2.86 bits per heavy atom. The predicted octanol–water partition coefficient (Wildman–Crippen LogP) is 1.01. The Morgan fingerprint density at radius 2 is 2.14 bits per heavy atom. The van der Waals surface area contributed by atoms with E-state index in [1.807, 2.05) is 13.1 Å². The molecule has 1 aromatic carbocycles. The molecule has 0 unspecified atom stereocenters. The topological polar surface area (TPSA) is 78.5 Å². The highest BCUT2D eigenvalue weighted by Gasteiger charge is 2.41. The smallest absolute Gasteiger partial charge is 0.267 e. The van der Waals surface area contributed by atoms with Crippen LogP contribution in [0.5, 0.6) is 0 Å². The van der Waals surface area contributed by atoms with Gasteiger partial charge in [-0.25, -0.2) is 5.84 Å². The van der Waals surface area contributed by atoms with Crippen molar-refractivity contribution >= 4 is 16.8 Å². The first kappa shape index (κ1) is 13.8. The highest BCUT2D eigenvalue weighted by atomic mass is 16.7. The van der Waals surface area contributed by atoms with Crippen LogP contribution >= 0.6 is 0 Å². The number of hydrogen-bond acceptors (Lipinski definition) is 4. The molecule has 116 valence electrons. The van der Waals surface area contributed by atoms with Gasteiger partial charge >= 0.3 is 0 Å². The number of ether oxygens (including phenoxy) is 2. The first-order chi connectivity index (χ1) is 10.7. The molecule has 1 amide bonds. The molecule has 2 aromatic rings. The number of fused-ring (bicyclic) bond motifs is 3. The molecule has 1 saturated heterocycles. The zero-order valence-electron chi connectivity index (χ0n) is 12.5. The number of hydrogen-bond donors (Lipinski definition) is 2. The van der Waals surface area contributed by atoms with Crippen LogP contribution in [0.15, 0.2) is 18.2 Å². The number of rotatable bonds is 1. The third kappa shape index (κ3) is 1.81. The van der Waals surface area contributed by atoms with Gasteiger partial charge in [-0.15, -0.1) is 0 Å². The summed E-state index contributed by atoms with van der Waals surface area (Å²) in [6, 6.07) is 5.74. The maximum atomic E-state index is 12.0. The minimum absolute atomic E-state index is 0.272. The van der Waals surface area contributed by atoms with Crippen LogP contribution in [0.1, 0.15) is 28.0 Å². The van der Waals surface area contributed by atoms with Crippen molar-refractivity contribution in [2.24, 2.45) is 12.9 Å². The molecule has 1 aliphatic carbocycles. The van der Waals surface area contributed by atoms with Gasteiger partial charge in [-0.3, -0.25) is 10.2 Å². The molecule has 3 N–H and O–H groups in total. The molecule has 1 spiro atoms. The van der Waals surface area contributed by atoms with Crippen LogP contribution in [0.4, 0.5) is 0 Å². The molecule has 6 heteroatoms. The van der Waals surface area contributed by atoms with Gasteiger partial charge < -0.3 is 14.0 Å². The quantitative estimate of drug-likeness (QED) is 0.468. The van der Waals surface area contributed by atoms with E-state index in [2.05, 4.69) is 16.1 Å². The highest BCUT2D eigenvalue weighted by molar-refractivity contribution is 6.07. The Bertz CT molecular complexity index is 760. The van der Waals surface area contributed by atoms with Crippen molar-refractivity contribution in [1.82, 2.24) is 9.99 Å². The van der Waals surface area contributed by atoms with Gasteiger partial charge in [0.1, 0.15) is 0 Å². The lowest BCUT2D eigenvalue weighted by molar-refractivity contribution is -0.163. The summed E-state index contributed by atoms with van der Waals surface area (Å²) >= 11 is 0. The summed E-state index contributed by atoms with van der Waals surface area (Å²) < 4.78 is 13.8. The largest absolute Gasteiger partial charge is 0.347 e. The first-order valence-corrected chi connectivity index (χ1v) is 7.53. The van der Waals surface area contributed by atoms with Crippen molar-refractivity contribution in [3.05, 3.63) is 35.0 Å². The number of nitrogens with two attached hydrogens (primary N) is 1. The van der Waals surface area contributed by atoms with Gasteiger partial charge in [0.05, 0.1) is 24.3 Å². The molecule has 22 heavy (non-hydrogen) atoms. The number of nitrogens with one attached hydrogen (secondary N) is 1. The zero-order valence-corrected chi connectivity index (χ0v) is 12.5. The summed E-state index contributed by atoms with van der Waals surface area (Å²) in [5.74, 6) is 4.56. The van der Waals surface area contributed by atoms with Crippen LogP contribution in [0.2, 0.25) is 0 Å². The second kappa shape index (κ2) is 4.81. The maximum Gasteiger partial charge on any atom is 0.267 e. The third-order valence-corrected chi connectivity index (χ3v) is 4.83. The van der Waals surface area contributed by atoms with Crippen molar-refractivity contribution in [3.8, 4) is 0 Å². The molecule has 2 aliphatic rings. The summed E-state index contributed by atoms with van der Waals surface area (Å²) in [5, 5.41) is 1.08. The van der Waals surface area contributed by atoms with E-state index in [9.17, 15) is 4.79 Å². The molecule has 0 bridgehead atoms. The molecule has 6 nitrogen and oxygen atoms in total. The Hall–Kier alpha value is -1.89. The summed E-state index contributed by atoms with van der Waals surface area (Å²) in [7, 11) is 2.00. The van der Waals surface area contributed by atoms with Crippen molar-refractivity contribution in [3.63, 3.8) is 0 Å². The molecule has 0 radical (unpaired) electrons. The molecule has 1 aliphatic heterocycles. The number of amides is 1. The number of aromatic nitrogens is 1. The van der Waals surface area contributed by atoms with Crippen LogP contribution in [-0.4, -0.2) is 29.5 Å². The molecular weight excluding hydrogens is 282 g/mol. The second-order valence-corrected chi connectivity index (χ2v) is 5.94. The zero-order chi connectivity index (χ0) is 15.3. The minimum atomic E-state index is -0.479. The fourth-order valence-electron chi connectivity index (χ4n) is 3.83. The number of nitrogens with zero attached hydrogens (tertiary/aromatic N) is 1. The number of aryl methyl sites for hydroxylation is 1. The van der Waals surface area contributed by atoms with E-state index in [4.69, 9.17) is 15.3 Å². The number of carbonyl (C=O) groups excluding carboxylic acids is 1. The normalized spacial score (nSPS) is 19.5. The summed E-state index contributed by atoms with van der Waals surface area (Å²) in [6.07, 6.45) is 2.46. The fourth-order valence-corrected chi connectivity index (χ4v) is 3.83. The lowest BCUT2D eigenvalue weighted by Crippen LogP contribution is -2.37. The number of benzene rings is 1. The average Bonchev–Trinajstić information content (AvgIpc) is 3.11. The molecular formula is C16H19N3O3. The predicted molar refractivity (Wildman–Crippen MR) is 81.2 cm³/mol. The summed E-state index contributed by atoms with van der Waals surface area (Å²) in [4.78, 5) is 12.0. The molecule has 0 atom stereocenters. The number of nitrogen functional groups attached to an aromatic ring is 1. The Morgan fingerprint density at radius 1 is 1.36 bits per heavy atom. The number of para-hydroxylation sites is 1. The SMILES string of the molecule is Cn1c2c(c3cccc(C(=O)NN)c31)CC1(CC2)OCCO1. The van der Waals surface area contributed by atoms with Gasteiger partial charge in [-0.2, -0.15) is 0 Å². The van der Waals surface area contributed by atoms with E-state index < -0.39 is 5.79 Å². The van der Waals surface area contributed by atoms with Gasteiger partial charge in [-0.05, 0) is 18.1 Å². The van der Waals surface area contributed by atoms with E-state index in [1.165, 1.54) is 11.3 Å². The van der Waals surface area contributed by atoms with Gasteiger partial charge in [0.25, 0.3) is 5.91 Å². The number of hydrazine groups is 1. The van der Waals surface area contributed by atoms with E-state index in [0.717, 1.165) is 30.2 Å². The standard InChI is InChI=1S/C16H19N3O3/c1-19-13-5-6-16(21-7-8-22-16)9-12(13)10-3-2-4-11(14(10)19)15(20)18-17/h2-4H,5-9,17H2,1H3,(H,18,20). The third-order valence-electron chi connectivity index (χ3n) is 4.83. The highest BCUT2D eigenvalue weighted by Crippen LogP contribution is 2.40.